The van der Waals surface area contributed by atoms with E-state index in [0.717, 1.165) is 10.4 Å². The Labute approximate surface area is 164 Å². The van der Waals surface area contributed by atoms with Gasteiger partial charge in [0.05, 0.1) is 48.2 Å². The Bertz CT molecular complexity index is 1010. The zero-order chi connectivity index (χ0) is 21.1. The van der Waals surface area contributed by atoms with Crippen LogP contribution in [0.1, 0.15) is 17.5 Å². The molecule has 4 rings (SSSR count). The highest BCUT2D eigenvalue weighted by atomic mass is 32.2. The predicted octanol–water partition coefficient (Wildman–Crippen LogP) is 1.61. The van der Waals surface area contributed by atoms with E-state index in [-0.39, 0.29) is 18.7 Å². The number of nitrogens with one attached hydrogen (secondary N) is 1. The Hall–Kier alpha value is -2.52. The number of nitriles is 1. The minimum atomic E-state index is -4.79. The number of sulfonamides is 1. The number of halogens is 3. The van der Waals surface area contributed by atoms with Gasteiger partial charge in [0.15, 0.2) is 0 Å². The Morgan fingerprint density at radius 2 is 2.14 bits per heavy atom. The Morgan fingerprint density at radius 3 is 2.76 bits per heavy atom. The largest absolute Gasteiger partial charge is 0.453 e. The summed E-state index contributed by atoms with van der Waals surface area (Å²) in [5.74, 6) is -0.508. The first-order valence-corrected chi connectivity index (χ1v) is 10.2. The van der Waals surface area contributed by atoms with E-state index >= 15 is 0 Å². The van der Waals surface area contributed by atoms with E-state index in [4.69, 9.17) is 10.00 Å². The van der Waals surface area contributed by atoms with Crippen molar-refractivity contribution in [3.63, 3.8) is 0 Å². The number of ether oxygens (including phenoxy) is 2. The molecule has 29 heavy (non-hydrogen) atoms. The molecule has 3 saturated heterocycles. The molecule has 0 saturated carbocycles. The number of hydrogen-bond acceptors (Lipinski definition) is 6. The molecule has 0 spiro atoms. The quantitative estimate of drug-likeness (QED) is 0.762. The molecular formula is C17H16F3N3O5S. The number of rotatable bonds is 2. The van der Waals surface area contributed by atoms with Gasteiger partial charge in [0.2, 0.25) is 10.0 Å². The van der Waals surface area contributed by atoms with Crippen molar-refractivity contribution in [3.05, 3.63) is 29.3 Å². The van der Waals surface area contributed by atoms with Crippen LogP contribution in [0.3, 0.4) is 0 Å². The highest BCUT2D eigenvalue weighted by Crippen LogP contribution is 2.49. The van der Waals surface area contributed by atoms with Crippen LogP contribution >= 0.6 is 0 Å². The average molecular weight is 431 g/mol. The van der Waals surface area contributed by atoms with Gasteiger partial charge in [-0.25, -0.2) is 13.2 Å². The van der Waals surface area contributed by atoms with E-state index < -0.39 is 62.8 Å². The second kappa shape index (κ2) is 6.50. The maximum absolute atomic E-state index is 13.3. The summed E-state index contributed by atoms with van der Waals surface area (Å²) in [5.41, 5.74) is -1.92. The number of nitrogens with zero attached hydrogens (tertiary/aromatic N) is 2. The summed E-state index contributed by atoms with van der Waals surface area (Å²) in [6, 6.07) is 3.88. The van der Waals surface area contributed by atoms with Gasteiger partial charge in [-0.15, -0.1) is 0 Å². The van der Waals surface area contributed by atoms with Crippen molar-refractivity contribution < 1.29 is 35.9 Å². The van der Waals surface area contributed by atoms with E-state index in [9.17, 15) is 26.4 Å². The topological polar surface area (TPSA) is 109 Å². The van der Waals surface area contributed by atoms with Crippen LogP contribution in [0.2, 0.25) is 0 Å². The highest BCUT2D eigenvalue weighted by molar-refractivity contribution is 7.93. The minimum Gasteiger partial charge on any atom is -0.453 e. The van der Waals surface area contributed by atoms with Crippen molar-refractivity contribution in [2.45, 2.75) is 36.1 Å². The Balaban J connectivity index is 1.66. The van der Waals surface area contributed by atoms with E-state index in [1.807, 2.05) is 0 Å². The van der Waals surface area contributed by atoms with Gasteiger partial charge in [-0.05, 0) is 24.6 Å². The number of amides is 1. The van der Waals surface area contributed by atoms with Gasteiger partial charge < -0.3 is 14.8 Å². The number of carbonyl (C=O) groups excluding carboxylic acids is 1. The number of carbonyl (C=O) groups is 1. The van der Waals surface area contributed by atoms with Crippen molar-refractivity contribution in [1.82, 2.24) is 5.32 Å². The number of alkyl carbamates (subject to hydrolysis) is 1. The monoisotopic (exact) mass is 431 g/mol. The van der Waals surface area contributed by atoms with Crippen LogP contribution in [0.4, 0.5) is 23.7 Å². The molecule has 3 fully saturated rings. The first-order chi connectivity index (χ1) is 13.6. The number of benzene rings is 1. The van der Waals surface area contributed by atoms with E-state index in [0.29, 0.717) is 6.07 Å². The van der Waals surface area contributed by atoms with Gasteiger partial charge in [0.1, 0.15) is 5.25 Å². The van der Waals surface area contributed by atoms with Crippen LogP contribution in [0.5, 0.6) is 0 Å². The second-order valence-corrected chi connectivity index (χ2v) is 9.18. The molecule has 156 valence electrons. The van der Waals surface area contributed by atoms with Gasteiger partial charge in [-0.2, -0.15) is 18.4 Å². The maximum Gasteiger partial charge on any atom is 0.417 e. The molecule has 0 aromatic heterocycles. The summed E-state index contributed by atoms with van der Waals surface area (Å²) in [5, 5.41) is 10.6. The molecule has 0 aliphatic carbocycles. The third-order valence-electron chi connectivity index (χ3n) is 5.66. The molecule has 1 aromatic carbocycles. The van der Waals surface area contributed by atoms with Gasteiger partial charge in [-0.3, -0.25) is 4.31 Å². The van der Waals surface area contributed by atoms with Crippen LogP contribution in [0, 0.1) is 17.2 Å². The lowest BCUT2D eigenvalue weighted by Crippen LogP contribution is -2.48. The second-order valence-electron chi connectivity index (χ2n) is 7.16. The molecule has 2 bridgehead atoms. The molecule has 5 atom stereocenters. The summed E-state index contributed by atoms with van der Waals surface area (Å²) in [4.78, 5) is 11.5. The summed E-state index contributed by atoms with van der Waals surface area (Å²) in [7, 11) is -2.77. The number of hydrogen-bond donors (Lipinski definition) is 1. The lowest BCUT2D eigenvalue weighted by atomic mass is 9.85. The van der Waals surface area contributed by atoms with E-state index in [1.54, 1.807) is 0 Å². The fourth-order valence-corrected chi connectivity index (χ4v) is 6.82. The third kappa shape index (κ3) is 3.00. The number of fused-ring (bicyclic) bond motifs is 5. The maximum atomic E-state index is 13.3. The molecule has 1 aromatic rings. The summed E-state index contributed by atoms with van der Waals surface area (Å²) >= 11 is 0. The van der Waals surface area contributed by atoms with Crippen LogP contribution in [-0.2, 0) is 25.7 Å². The number of methoxy groups -OCH3 is 1. The van der Waals surface area contributed by atoms with E-state index in [2.05, 4.69) is 10.1 Å². The van der Waals surface area contributed by atoms with E-state index in [1.165, 1.54) is 19.2 Å². The molecule has 0 unspecified atom stereocenters. The molecular weight excluding hydrogens is 415 g/mol. The van der Waals surface area contributed by atoms with Crippen LogP contribution in [0.25, 0.3) is 0 Å². The van der Waals surface area contributed by atoms with Gasteiger partial charge in [-0.1, -0.05) is 0 Å². The van der Waals surface area contributed by atoms with Crippen molar-refractivity contribution in [2.24, 2.45) is 5.92 Å². The van der Waals surface area contributed by atoms with Crippen LogP contribution in [-0.4, -0.2) is 51.7 Å². The molecule has 3 aliphatic rings. The van der Waals surface area contributed by atoms with Crippen molar-refractivity contribution >= 4 is 21.8 Å². The zero-order valence-corrected chi connectivity index (χ0v) is 15.8. The summed E-state index contributed by atoms with van der Waals surface area (Å²) < 4.78 is 77.2. The minimum absolute atomic E-state index is 0.0727. The predicted molar refractivity (Wildman–Crippen MR) is 92.3 cm³/mol. The molecule has 3 heterocycles. The third-order valence-corrected chi connectivity index (χ3v) is 7.97. The summed E-state index contributed by atoms with van der Waals surface area (Å²) in [6.45, 7) is -0.0727. The Kier molecular flexibility index (Phi) is 4.43. The molecule has 1 amide bonds. The number of alkyl halides is 3. The average Bonchev–Trinajstić information content (AvgIpc) is 3.30. The molecule has 8 nitrogen and oxygen atoms in total. The standard InChI is InChI=1S/C17H16F3N3O5S/c1-27-16(24)22-12-5-13-15-10(14(12)28-13)7-23(29(15,25)26)9-3-2-8(6-21)11(4-9)17(18,19)20/h2-4,10,12-15H,5,7H2,1H3,(H,22,24)/t10-,12+,13-,14+,15-/m0/s1. The fourth-order valence-electron chi connectivity index (χ4n) is 4.50. The molecule has 0 radical (unpaired) electrons. The lowest BCUT2D eigenvalue weighted by Gasteiger charge is -2.25. The van der Waals surface area contributed by atoms with Crippen LogP contribution in [0.15, 0.2) is 18.2 Å². The molecule has 3 aliphatic heterocycles. The van der Waals surface area contributed by atoms with Gasteiger partial charge >= 0.3 is 12.3 Å². The molecule has 12 heteroatoms. The first kappa shape index (κ1) is 19.8. The lowest BCUT2D eigenvalue weighted by molar-refractivity contribution is -0.137. The smallest absolute Gasteiger partial charge is 0.417 e. The zero-order valence-electron chi connectivity index (χ0n) is 15.0. The first-order valence-electron chi connectivity index (χ1n) is 8.70. The molecule has 1 N–H and O–H groups in total. The van der Waals surface area contributed by atoms with Crippen molar-refractivity contribution in [2.75, 3.05) is 18.0 Å². The summed E-state index contributed by atoms with van der Waals surface area (Å²) in [6.07, 6.45) is -6.43. The number of anilines is 1. The van der Waals surface area contributed by atoms with Crippen molar-refractivity contribution in [1.29, 1.82) is 5.26 Å². The van der Waals surface area contributed by atoms with Crippen molar-refractivity contribution in [3.8, 4) is 6.07 Å². The fraction of sp³-hybridized carbons (Fsp3) is 0.529. The normalized spacial score (nSPS) is 32.0. The van der Waals surface area contributed by atoms with Crippen LogP contribution < -0.4 is 9.62 Å². The van der Waals surface area contributed by atoms with Gasteiger partial charge in [0, 0.05) is 12.5 Å². The SMILES string of the molecule is COC(=O)N[C@@H]1C[C@@H]2O[C@@H]1[C@@H]1CN(c3ccc(C#N)c(C(F)(F)F)c3)S(=O)(=O)[C@@H]12. The van der Waals surface area contributed by atoms with Gasteiger partial charge in [0.25, 0.3) is 0 Å². The highest BCUT2D eigenvalue weighted by Gasteiger charge is 2.64. The Morgan fingerprint density at radius 1 is 1.41 bits per heavy atom.